The molecular formula is C25H31NO4. The predicted molar refractivity (Wildman–Crippen MR) is 117 cm³/mol. The number of ketones is 1. The van der Waals surface area contributed by atoms with Gasteiger partial charge in [0.05, 0.1) is 19.8 Å². The lowest BCUT2D eigenvalue weighted by Crippen LogP contribution is -2.35. The number of nitrogens with zero attached hydrogens (tertiary/aromatic N) is 1. The van der Waals surface area contributed by atoms with Crippen molar-refractivity contribution in [3.63, 3.8) is 0 Å². The fraction of sp³-hybridized carbons (Fsp3) is 0.440. The van der Waals surface area contributed by atoms with Crippen molar-refractivity contribution in [1.82, 2.24) is 4.90 Å². The molecule has 1 amide bonds. The van der Waals surface area contributed by atoms with E-state index in [9.17, 15) is 9.59 Å². The van der Waals surface area contributed by atoms with Crippen LogP contribution in [0, 0.1) is 0 Å². The van der Waals surface area contributed by atoms with Gasteiger partial charge in [-0.25, -0.2) is 0 Å². The monoisotopic (exact) mass is 409 g/mol. The molecule has 1 heterocycles. The third-order valence-electron chi connectivity index (χ3n) is 5.63. The minimum atomic E-state index is -0.0118. The van der Waals surface area contributed by atoms with Crippen LogP contribution in [0.25, 0.3) is 0 Å². The van der Waals surface area contributed by atoms with Gasteiger partial charge < -0.3 is 14.4 Å². The molecule has 0 saturated carbocycles. The van der Waals surface area contributed by atoms with Crippen LogP contribution in [0.5, 0.6) is 11.5 Å². The highest BCUT2D eigenvalue weighted by Gasteiger charge is 2.27. The summed E-state index contributed by atoms with van der Waals surface area (Å²) in [6, 6.07) is 15.2. The molecule has 1 atom stereocenters. The summed E-state index contributed by atoms with van der Waals surface area (Å²) in [5.41, 5.74) is 1.75. The highest BCUT2D eigenvalue weighted by molar-refractivity contribution is 5.98. The normalized spacial score (nSPS) is 16.6. The molecule has 1 aliphatic heterocycles. The van der Waals surface area contributed by atoms with Crippen molar-refractivity contribution >= 4 is 11.7 Å². The molecule has 5 nitrogen and oxygen atoms in total. The summed E-state index contributed by atoms with van der Waals surface area (Å²) in [5, 5.41) is 0. The van der Waals surface area contributed by atoms with Crippen LogP contribution in [0.4, 0.5) is 0 Å². The number of rotatable bonds is 8. The number of methoxy groups -OCH3 is 1. The minimum Gasteiger partial charge on any atom is -0.497 e. The second kappa shape index (κ2) is 10.8. The summed E-state index contributed by atoms with van der Waals surface area (Å²) in [7, 11) is 1.65. The fourth-order valence-corrected chi connectivity index (χ4v) is 3.99. The van der Waals surface area contributed by atoms with Crippen LogP contribution < -0.4 is 9.47 Å². The molecule has 1 aliphatic rings. The molecular weight excluding hydrogens is 378 g/mol. The van der Waals surface area contributed by atoms with Gasteiger partial charge in [0.2, 0.25) is 5.91 Å². The lowest BCUT2D eigenvalue weighted by atomic mass is 9.99. The van der Waals surface area contributed by atoms with Crippen LogP contribution in [0.15, 0.2) is 48.5 Å². The molecule has 2 aromatic rings. The van der Waals surface area contributed by atoms with Crippen molar-refractivity contribution in [2.24, 2.45) is 0 Å². The molecule has 0 radical (unpaired) electrons. The number of Topliss-reactive ketones (excluding diaryl/α,β-unsaturated/α-hetero) is 1. The number of amides is 1. The maximum absolute atomic E-state index is 13.1. The molecule has 1 fully saturated rings. The lowest BCUT2D eigenvalue weighted by Gasteiger charge is -2.30. The molecule has 1 unspecified atom stereocenters. The Hall–Kier alpha value is -2.82. The Kier molecular flexibility index (Phi) is 7.89. The Morgan fingerprint density at radius 1 is 0.933 bits per heavy atom. The first-order valence-corrected chi connectivity index (χ1v) is 10.8. The Balaban J connectivity index is 1.64. The summed E-state index contributed by atoms with van der Waals surface area (Å²) in [4.78, 5) is 27.6. The van der Waals surface area contributed by atoms with Crippen LogP contribution in [0.2, 0.25) is 0 Å². The van der Waals surface area contributed by atoms with Crippen molar-refractivity contribution in [2.75, 3.05) is 20.3 Å². The second-order valence-corrected chi connectivity index (χ2v) is 7.61. The number of likely N-dealkylation sites (tertiary alicyclic amines) is 1. The minimum absolute atomic E-state index is 0.0118. The zero-order chi connectivity index (χ0) is 21.3. The zero-order valence-electron chi connectivity index (χ0n) is 17.9. The maximum atomic E-state index is 13.1. The van der Waals surface area contributed by atoms with Gasteiger partial charge in [0.15, 0.2) is 5.78 Å². The Morgan fingerprint density at radius 3 is 2.30 bits per heavy atom. The lowest BCUT2D eigenvalue weighted by molar-refractivity contribution is -0.133. The summed E-state index contributed by atoms with van der Waals surface area (Å²) < 4.78 is 10.7. The van der Waals surface area contributed by atoms with E-state index in [1.54, 1.807) is 31.4 Å². The van der Waals surface area contributed by atoms with E-state index in [0.29, 0.717) is 12.2 Å². The average Bonchev–Trinajstić information content (AvgIpc) is 3.04. The van der Waals surface area contributed by atoms with Gasteiger partial charge in [-0.05, 0) is 61.7 Å². The average molecular weight is 410 g/mol. The van der Waals surface area contributed by atoms with Gasteiger partial charge in [0.25, 0.3) is 0 Å². The van der Waals surface area contributed by atoms with Crippen LogP contribution in [-0.2, 0) is 4.79 Å². The first-order valence-electron chi connectivity index (χ1n) is 10.8. The standard InChI is InChI=1S/C25H31NO4/c1-3-30-22-14-10-20(11-15-22)24(27)16-17-25(28)26-18-6-4-5-7-23(26)19-8-12-21(29-2)13-9-19/h8-15,23H,3-7,16-18H2,1-2H3. The quantitative estimate of drug-likeness (QED) is 0.562. The molecule has 5 heteroatoms. The van der Waals surface area contributed by atoms with Gasteiger partial charge in [-0.15, -0.1) is 0 Å². The SMILES string of the molecule is CCOc1ccc(C(=O)CCC(=O)N2CCCCCC2c2ccc(OC)cc2)cc1. The van der Waals surface area contributed by atoms with Crippen LogP contribution in [0.1, 0.15) is 67.4 Å². The van der Waals surface area contributed by atoms with Gasteiger partial charge in [-0.3, -0.25) is 9.59 Å². The van der Waals surface area contributed by atoms with Crippen molar-refractivity contribution in [3.8, 4) is 11.5 Å². The molecule has 1 saturated heterocycles. The zero-order valence-corrected chi connectivity index (χ0v) is 17.9. The van der Waals surface area contributed by atoms with Crippen molar-refractivity contribution in [1.29, 1.82) is 0 Å². The third-order valence-corrected chi connectivity index (χ3v) is 5.63. The summed E-state index contributed by atoms with van der Waals surface area (Å²) in [6.07, 6.45) is 4.64. The molecule has 0 aromatic heterocycles. The molecule has 160 valence electrons. The van der Waals surface area contributed by atoms with Gasteiger partial charge >= 0.3 is 0 Å². The van der Waals surface area contributed by atoms with E-state index in [2.05, 4.69) is 0 Å². The molecule has 0 spiro atoms. The number of benzene rings is 2. The summed E-state index contributed by atoms with van der Waals surface area (Å²) >= 11 is 0. The molecule has 0 N–H and O–H groups in total. The van der Waals surface area contributed by atoms with Crippen molar-refractivity contribution in [3.05, 3.63) is 59.7 Å². The van der Waals surface area contributed by atoms with Gasteiger partial charge in [0.1, 0.15) is 11.5 Å². The van der Waals surface area contributed by atoms with Crippen LogP contribution >= 0.6 is 0 Å². The Bertz CT molecular complexity index is 829. The van der Waals surface area contributed by atoms with E-state index in [-0.39, 0.29) is 30.6 Å². The Labute approximate surface area is 179 Å². The molecule has 3 rings (SSSR count). The van der Waals surface area contributed by atoms with E-state index < -0.39 is 0 Å². The second-order valence-electron chi connectivity index (χ2n) is 7.61. The highest BCUT2D eigenvalue weighted by Crippen LogP contribution is 2.32. The fourth-order valence-electron chi connectivity index (χ4n) is 3.99. The van der Waals surface area contributed by atoms with E-state index in [4.69, 9.17) is 9.47 Å². The van der Waals surface area contributed by atoms with E-state index in [1.165, 1.54) is 0 Å². The number of hydrogen-bond acceptors (Lipinski definition) is 4. The first-order chi connectivity index (χ1) is 14.6. The number of ether oxygens (including phenoxy) is 2. The molecule has 0 aliphatic carbocycles. The summed E-state index contributed by atoms with van der Waals surface area (Å²) in [5.74, 6) is 1.60. The Morgan fingerprint density at radius 2 is 1.63 bits per heavy atom. The number of carbonyl (C=O) groups is 2. The molecule has 30 heavy (non-hydrogen) atoms. The molecule has 0 bridgehead atoms. The van der Waals surface area contributed by atoms with Crippen LogP contribution in [0.3, 0.4) is 0 Å². The topological polar surface area (TPSA) is 55.8 Å². The smallest absolute Gasteiger partial charge is 0.223 e. The van der Waals surface area contributed by atoms with Crippen LogP contribution in [-0.4, -0.2) is 36.9 Å². The predicted octanol–water partition coefficient (Wildman–Crippen LogP) is 5.20. The van der Waals surface area contributed by atoms with E-state index in [0.717, 1.165) is 49.3 Å². The maximum Gasteiger partial charge on any atom is 0.223 e. The number of carbonyl (C=O) groups excluding carboxylic acids is 2. The highest BCUT2D eigenvalue weighted by atomic mass is 16.5. The van der Waals surface area contributed by atoms with Crippen molar-refractivity contribution in [2.45, 2.75) is 51.5 Å². The molecule has 2 aromatic carbocycles. The number of hydrogen-bond donors (Lipinski definition) is 0. The third kappa shape index (κ3) is 5.62. The summed E-state index contributed by atoms with van der Waals surface area (Å²) in [6.45, 7) is 3.26. The van der Waals surface area contributed by atoms with Crippen molar-refractivity contribution < 1.29 is 19.1 Å². The first kappa shape index (κ1) is 21.9. The van der Waals surface area contributed by atoms with Gasteiger partial charge in [0, 0.05) is 24.9 Å². The van der Waals surface area contributed by atoms with E-state index in [1.807, 2.05) is 36.1 Å². The largest absolute Gasteiger partial charge is 0.497 e. The van der Waals surface area contributed by atoms with Gasteiger partial charge in [-0.2, -0.15) is 0 Å². The van der Waals surface area contributed by atoms with E-state index >= 15 is 0 Å². The van der Waals surface area contributed by atoms with Gasteiger partial charge in [-0.1, -0.05) is 25.0 Å².